The van der Waals surface area contributed by atoms with Gasteiger partial charge in [-0.25, -0.2) is 4.79 Å². The SMILES string of the molecule is Cc1cccc2c1[C@@H]1C[C@@H]3[C@@H](CCCN3C(=O)NCCc3ccccc3)C(=O)N1CC2. The zero-order chi connectivity index (χ0) is 21.4. The van der Waals surface area contributed by atoms with Gasteiger partial charge in [0.25, 0.3) is 0 Å². The molecule has 5 rings (SSSR count). The van der Waals surface area contributed by atoms with Crippen LogP contribution in [0.3, 0.4) is 0 Å². The van der Waals surface area contributed by atoms with Crippen molar-refractivity contribution in [3.8, 4) is 0 Å². The van der Waals surface area contributed by atoms with Gasteiger partial charge in [0.05, 0.1) is 12.0 Å². The molecule has 0 aliphatic carbocycles. The second-order valence-electron chi connectivity index (χ2n) is 9.16. The molecule has 3 aliphatic heterocycles. The van der Waals surface area contributed by atoms with Crippen LogP contribution in [0.2, 0.25) is 0 Å². The van der Waals surface area contributed by atoms with E-state index in [4.69, 9.17) is 0 Å². The number of nitrogens with one attached hydrogen (secondary N) is 1. The Kier molecular flexibility index (Phi) is 5.43. The molecule has 3 heterocycles. The summed E-state index contributed by atoms with van der Waals surface area (Å²) < 4.78 is 0. The van der Waals surface area contributed by atoms with Crippen molar-refractivity contribution in [1.82, 2.24) is 15.1 Å². The highest BCUT2D eigenvalue weighted by molar-refractivity contribution is 5.83. The molecule has 1 N–H and O–H groups in total. The van der Waals surface area contributed by atoms with Gasteiger partial charge in [-0.15, -0.1) is 0 Å². The maximum Gasteiger partial charge on any atom is 0.317 e. The number of rotatable bonds is 3. The van der Waals surface area contributed by atoms with E-state index in [0.717, 1.165) is 45.2 Å². The van der Waals surface area contributed by atoms with Crippen LogP contribution in [0.4, 0.5) is 4.79 Å². The van der Waals surface area contributed by atoms with E-state index < -0.39 is 0 Å². The molecule has 2 fully saturated rings. The molecular weight excluding hydrogens is 386 g/mol. The second-order valence-corrected chi connectivity index (χ2v) is 9.16. The first-order chi connectivity index (χ1) is 15.1. The van der Waals surface area contributed by atoms with Gasteiger partial charge in [-0.2, -0.15) is 0 Å². The molecule has 5 heteroatoms. The van der Waals surface area contributed by atoms with Crippen LogP contribution < -0.4 is 5.32 Å². The van der Waals surface area contributed by atoms with Gasteiger partial charge in [-0.1, -0.05) is 48.5 Å². The van der Waals surface area contributed by atoms with Crippen LogP contribution in [0.25, 0.3) is 0 Å². The van der Waals surface area contributed by atoms with Crippen LogP contribution in [0, 0.1) is 12.8 Å². The average molecular weight is 418 g/mol. The van der Waals surface area contributed by atoms with Crippen LogP contribution >= 0.6 is 0 Å². The number of benzene rings is 2. The molecule has 5 nitrogen and oxygen atoms in total. The minimum Gasteiger partial charge on any atom is -0.338 e. The number of urea groups is 1. The van der Waals surface area contributed by atoms with Crippen molar-refractivity contribution in [2.24, 2.45) is 5.92 Å². The molecule has 2 aromatic rings. The van der Waals surface area contributed by atoms with E-state index >= 15 is 0 Å². The Morgan fingerprint density at radius 3 is 2.77 bits per heavy atom. The van der Waals surface area contributed by atoms with E-state index in [2.05, 4.69) is 47.5 Å². The van der Waals surface area contributed by atoms with E-state index in [1.165, 1.54) is 22.3 Å². The number of hydrogen-bond acceptors (Lipinski definition) is 2. The van der Waals surface area contributed by atoms with Gasteiger partial charge in [0, 0.05) is 25.7 Å². The summed E-state index contributed by atoms with van der Waals surface area (Å²) in [6, 6.07) is 16.7. The summed E-state index contributed by atoms with van der Waals surface area (Å²) in [6.07, 6.45) is 4.38. The van der Waals surface area contributed by atoms with E-state index in [1.807, 2.05) is 23.1 Å². The minimum absolute atomic E-state index is 0.00946. The standard InChI is InChI=1S/C26H31N3O2/c1-18-7-5-10-20-13-16-28-23(24(18)20)17-22-21(25(28)30)11-6-15-29(22)26(31)27-14-12-19-8-3-2-4-9-19/h2-5,7-10,21-23H,6,11-17H2,1H3,(H,27,31)/t21-,22-,23+/m1/s1. The quantitative estimate of drug-likeness (QED) is 0.825. The third kappa shape index (κ3) is 3.71. The number of fused-ring (bicyclic) bond motifs is 4. The van der Waals surface area contributed by atoms with Crippen LogP contribution in [0.5, 0.6) is 0 Å². The van der Waals surface area contributed by atoms with Gasteiger partial charge in [0.1, 0.15) is 0 Å². The van der Waals surface area contributed by atoms with Crippen molar-refractivity contribution >= 4 is 11.9 Å². The number of aryl methyl sites for hydroxylation is 1. The van der Waals surface area contributed by atoms with E-state index in [9.17, 15) is 9.59 Å². The summed E-state index contributed by atoms with van der Waals surface area (Å²) in [7, 11) is 0. The zero-order valence-electron chi connectivity index (χ0n) is 18.2. The molecule has 3 atom stereocenters. The Morgan fingerprint density at radius 2 is 1.94 bits per heavy atom. The van der Waals surface area contributed by atoms with Crippen molar-refractivity contribution in [2.45, 2.75) is 51.1 Å². The minimum atomic E-state index is -0.0598. The maximum atomic E-state index is 13.4. The molecule has 162 valence electrons. The molecule has 2 aromatic carbocycles. The first-order valence-electron chi connectivity index (χ1n) is 11.6. The van der Waals surface area contributed by atoms with Crippen molar-refractivity contribution in [3.63, 3.8) is 0 Å². The summed E-state index contributed by atoms with van der Waals surface area (Å²) in [5, 5.41) is 3.11. The summed E-state index contributed by atoms with van der Waals surface area (Å²) >= 11 is 0. The van der Waals surface area contributed by atoms with Gasteiger partial charge in [-0.05, 0) is 61.3 Å². The average Bonchev–Trinajstić information content (AvgIpc) is 2.79. The Hall–Kier alpha value is -2.82. The third-order valence-electron chi connectivity index (χ3n) is 7.38. The highest BCUT2D eigenvalue weighted by Gasteiger charge is 2.48. The highest BCUT2D eigenvalue weighted by atomic mass is 16.2. The Balaban J connectivity index is 1.33. The van der Waals surface area contributed by atoms with Crippen molar-refractivity contribution in [1.29, 1.82) is 0 Å². The molecular formula is C26H31N3O2. The van der Waals surface area contributed by atoms with Crippen LogP contribution in [0.15, 0.2) is 48.5 Å². The molecule has 0 unspecified atom stereocenters. The number of likely N-dealkylation sites (tertiary alicyclic amines) is 1. The summed E-state index contributed by atoms with van der Waals surface area (Å²) in [4.78, 5) is 30.6. The predicted octanol–water partition coefficient (Wildman–Crippen LogP) is 3.86. The van der Waals surface area contributed by atoms with Crippen LogP contribution in [-0.2, 0) is 17.6 Å². The number of hydrogen-bond donors (Lipinski definition) is 1. The number of amides is 3. The fraction of sp³-hybridized carbons (Fsp3) is 0.462. The lowest BCUT2D eigenvalue weighted by atomic mass is 9.75. The first-order valence-corrected chi connectivity index (χ1v) is 11.6. The Labute approximate surface area is 184 Å². The summed E-state index contributed by atoms with van der Waals surface area (Å²) in [5.41, 5.74) is 5.16. The summed E-state index contributed by atoms with van der Waals surface area (Å²) in [6.45, 7) is 4.29. The molecule has 0 bridgehead atoms. The van der Waals surface area contributed by atoms with Crippen LogP contribution in [-0.4, -0.2) is 47.4 Å². The monoisotopic (exact) mass is 417 g/mol. The topological polar surface area (TPSA) is 52.7 Å². The number of carbonyl (C=O) groups is 2. The van der Waals surface area contributed by atoms with Gasteiger partial charge < -0.3 is 15.1 Å². The van der Waals surface area contributed by atoms with Crippen molar-refractivity contribution in [3.05, 3.63) is 70.8 Å². The van der Waals surface area contributed by atoms with E-state index in [1.54, 1.807) is 0 Å². The normalized spacial score (nSPS) is 24.8. The lowest BCUT2D eigenvalue weighted by molar-refractivity contribution is -0.148. The smallest absolute Gasteiger partial charge is 0.317 e. The fourth-order valence-corrected chi connectivity index (χ4v) is 5.89. The second kappa shape index (κ2) is 8.37. The van der Waals surface area contributed by atoms with Crippen LogP contribution in [0.1, 0.15) is 47.6 Å². The first kappa shape index (κ1) is 20.1. The van der Waals surface area contributed by atoms with Gasteiger partial charge >= 0.3 is 6.03 Å². The molecule has 0 spiro atoms. The van der Waals surface area contributed by atoms with Crippen molar-refractivity contribution in [2.75, 3.05) is 19.6 Å². The number of carbonyl (C=O) groups excluding carboxylic acids is 2. The third-order valence-corrected chi connectivity index (χ3v) is 7.38. The Morgan fingerprint density at radius 1 is 1.10 bits per heavy atom. The largest absolute Gasteiger partial charge is 0.338 e. The van der Waals surface area contributed by atoms with E-state index in [-0.39, 0.29) is 29.9 Å². The molecule has 0 saturated carbocycles. The molecule has 0 radical (unpaired) electrons. The fourth-order valence-electron chi connectivity index (χ4n) is 5.89. The highest BCUT2D eigenvalue weighted by Crippen LogP contribution is 2.44. The maximum absolute atomic E-state index is 13.4. The number of piperidine rings is 2. The van der Waals surface area contributed by atoms with E-state index in [0.29, 0.717) is 6.54 Å². The Bertz CT molecular complexity index is 974. The predicted molar refractivity (Wildman–Crippen MR) is 121 cm³/mol. The van der Waals surface area contributed by atoms with Crippen molar-refractivity contribution < 1.29 is 9.59 Å². The van der Waals surface area contributed by atoms with Gasteiger partial charge in [-0.3, -0.25) is 4.79 Å². The molecule has 3 amide bonds. The summed E-state index contributed by atoms with van der Waals surface area (Å²) in [5.74, 6) is 0.187. The lowest BCUT2D eigenvalue weighted by Crippen LogP contribution is -2.61. The van der Waals surface area contributed by atoms with Gasteiger partial charge in [0.2, 0.25) is 5.91 Å². The molecule has 0 aromatic heterocycles. The molecule has 31 heavy (non-hydrogen) atoms. The molecule has 3 aliphatic rings. The molecule has 2 saturated heterocycles. The number of nitrogens with zero attached hydrogens (tertiary/aromatic N) is 2. The van der Waals surface area contributed by atoms with Gasteiger partial charge in [0.15, 0.2) is 0 Å². The zero-order valence-corrected chi connectivity index (χ0v) is 18.2. The lowest BCUT2D eigenvalue weighted by Gasteiger charge is -2.51.